The Kier molecular flexibility index (Phi) is 3.51. The molecule has 0 aromatic carbocycles. The topological polar surface area (TPSA) is 37.8 Å². The van der Waals surface area contributed by atoms with Crippen LogP contribution in [0, 0.1) is 6.92 Å². The molecule has 0 spiro atoms. The van der Waals surface area contributed by atoms with E-state index in [1.54, 1.807) is 6.20 Å². The van der Waals surface area contributed by atoms with E-state index in [2.05, 4.69) is 37.3 Å². The molecule has 0 aliphatic heterocycles. The largest absolute Gasteiger partial charge is 0.378 e. The van der Waals surface area contributed by atoms with Gasteiger partial charge in [0.15, 0.2) is 0 Å². The first-order chi connectivity index (χ1) is 7.74. The standard InChI is InChI=1S/C12H12BrN3/c1-9-2-3-10(14-6-9)7-15-11-4-5-12(13)16-8-11/h2-6,8,15H,7H2,1H3. The van der Waals surface area contributed by atoms with Crippen LogP contribution in [-0.4, -0.2) is 9.97 Å². The van der Waals surface area contributed by atoms with E-state index in [4.69, 9.17) is 0 Å². The highest BCUT2D eigenvalue weighted by atomic mass is 79.9. The Bertz CT molecular complexity index is 405. The van der Waals surface area contributed by atoms with Crippen LogP contribution in [0.1, 0.15) is 11.3 Å². The lowest BCUT2D eigenvalue weighted by molar-refractivity contribution is 1.03. The van der Waals surface area contributed by atoms with Crippen molar-refractivity contribution in [3.05, 3.63) is 52.5 Å². The summed E-state index contributed by atoms with van der Waals surface area (Å²) in [7, 11) is 0. The van der Waals surface area contributed by atoms with Gasteiger partial charge in [-0.05, 0) is 46.6 Å². The van der Waals surface area contributed by atoms with Crippen LogP contribution in [0.5, 0.6) is 0 Å². The van der Waals surface area contributed by atoms with Gasteiger partial charge >= 0.3 is 0 Å². The molecule has 2 heterocycles. The van der Waals surface area contributed by atoms with Gasteiger partial charge in [-0.3, -0.25) is 4.98 Å². The number of anilines is 1. The van der Waals surface area contributed by atoms with Gasteiger partial charge in [0.05, 0.1) is 24.1 Å². The molecule has 0 unspecified atom stereocenters. The molecule has 4 heteroatoms. The summed E-state index contributed by atoms with van der Waals surface area (Å²) in [6.45, 7) is 2.74. The fraction of sp³-hybridized carbons (Fsp3) is 0.167. The first kappa shape index (κ1) is 11.1. The molecule has 0 atom stereocenters. The molecule has 0 bridgehead atoms. The van der Waals surface area contributed by atoms with Gasteiger partial charge in [-0.2, -0.15) is 0 Å². The van der Waals surface area contributed by atoms with E-state index in [9.17, 15) is 0 Å². The maximum Gasteiger partial charge on any atom is 0.106 e. The summed E-state index contributed by atoms with van der Waals surface area (Å²) >= 11 is 3.30. The molecule has 0 saturated heterocycles. The lowest BCUT2D eigenvalue weighted by Crippen LogP contribution is -2.01. The second-order valence-electron chi connectivity index (χ2n) is 3.55. The monoisotopic (exact) mass is 277 g/mol. The number of halogens is 1. The summed E-state index contributed by atoms with van der Waals surface area (Å²) in [6, 6.07) is 7.97. The van der Waals surface area contributed by atoms with Gasteiger partial charge in [-0.25, -0.2) is 4.98 Å². The van der Waals surface area contributed by atoms with E-state index >= 15 is 0 Å². The molecule has 0 radical (unpaired) electrons. The zero-order valence-electron chi connectivity index (χ0n) is 8.94. The van der Waals surface area contributed by atoms with Crippen molar-refractivity contribution >= 4 is 21.6 Å². The average molecular weight is 278 g/mol. The average Bonchev–Trinajstić information content (AvgIpc) is 2.30. The molecule has 0 saturated carbocycles. The zero-order valence-corrected chi connectivity index (χ0v) is 10.5. The van der Waals surface area contributed by atoms with Crippen molar-refractivity contribution in [2.45, 2.75) is 13.5 Å². The van der Waals surface area contributed by atoms with Crippen molar-refractivity contribution < 1.29 is 0 Å². The summed E-state index contributed by atoms with van der Waals surface area (Å²) in [6.07, 6.45) is 3.66. The Balaban J connectivity index is 1.97. The molecule has 0 aliphatic carbocycles. The predicted molar refractivity (Wildman–Crippen MR) is 68.2 cm³/mol. The van der Waals surface area contributed by atoms with Gasteiger partial charge in [0.2, 0.25) is 0 Å². The molecule has 3 nitrogen and oxygen atoms in total. The molecular weight excluding hydrogens is 266 g/mol. The number of hydrogen-bond donors (Lipinski definition) is 1. The van der Waals surface area contributed by atoms with E-state index in [1.807, 2.05) is 31.3 Å². The summed E-state index contributed by atoms with van der Waals surface area (Å²) < 4.78 is 0.839. The number of pyridine rings is 2. The smallest absolute Gasteiger partial charge is 0.106 e. The van der Waals surface area contributed by atoms with Crippen LogP contribution in [0.2, 0.25) is 0 Å². The van der Waals surface area contributed by atoms with E-state index in [1.165, 1.54) is 5.56 Å². The van der Waals surface area contributed by atoms with Crippen LogP contribution in [0.4, 0.5) is 5.69 Å². The molecular formula is C12H12BrN3. The number of aromatic nitrogens is 2. The Labute approximate surface area is 103 Å². The molecule has 0 fully saturated rings. The summed E-state index contributed by atoms with van der Waals surface area (Å²) in [5.74, 6) is 0. The fourth-order valence-corrected chi connectivity index (χ4v) is 1.51. The molecule has 16 heavy (non-hydrogen) atoms. The lowest BCUT2D eigenvalue weighted by Gasteiger charge is -2.05. The van der Waals surface area contributed by atoms with Gasteiger partial charge in [-0.15, -0.1) is 0 Å². The summed E-state index contributed by atoms with van der Waals surface area (Å²) in [4.78, 5) is 8.46. The van der Waals surface area contributed by atoms with E-state index < -0.39 is 0 Å². The van der Waals surface area contributed by atoms with Crippen LogP contribution in [0.3, 0.4) is 0 Å². The van der Waals surface area contributed by atoms with Crippen LogP contribution in [0.25, 0.3) is 0 Å². The maximum atomic E-state index is 4.32. The first-order valence-corrected chi connectivity index (χ1v) is 5.80. The molecule has 0 amide bonds. The third-order valence-electron chi connectivity index (χ3n) is 2.17. The van der Waals surface area contributed by atoms with Crippen molar-refractivity contribution in [3.8, 4) is 0 Å². The number of rotatable bonds is 3. The van der Waals surface area contributed by atoms with Gasteiger partial charge in [0, 0.05) is 6.20 Å². The molecule has 2 rings (SSSR count). The fourth-order valence-electron chi connectivity index (χ4n) is 1.28. The van der Waals surface area contributed by atoms with E-state index in [0.29, 0.717) is 6.54 Å². The molecule has 1 N–H and O–H groups in total. The SMILES string of the molecule is Cc1ccc(CNc2ccc(Br)nc2)nc1. The Morgan fingerprint density at radius 3 is 2.62 bits per heavy atom. The highest BCUT2D eigenvalue weighted by Gasteiger charge is 1.95. The Morgan fingerprint density at radius 2 is 2.00 bits per heavy atom. The quantitative estimate of drug-likeness (QED) is 0.876. The second-order valence-corrected chi connectivity index (χ2v) is 4.36. The lowest BCUT2D eigenvalue weighted by atomic mass is 10.3. The number of aryl methyl sites for hydroxylation is 1. The Hall–Kier alpha value is -1.42. The van der Waals surface area contributed by atoms with E-state index in [0.717, 1.165) is 16.0 Å². The minimum absolute atomic E-state index is 0.712. The van der Waals surface area contributed by atoms with Crippen LogP contribution in [0.15, 0.2) is 41.3 Å². The molecule has 2 aromatic rings. The Morgan fingerprint density at radius 1 is 1.12 bits per heavy atom. The summed E-state index contributed by atoms with van der Waals surface area (Å²) in [5, 5.41) is 3.26. The third-order valence-corrected chi connectivity index (χ3v) is 2.64. The van der Waals surface area contributed by atoms with Crippen LogP contribution in [-0.2, 0) is 6.54 Å². The van der Waals surface area contributed by atoms with Gasteiger partial charge in [0.1, 0.15) is 4.60 Å². The van der Waals surface area contributed by atoms with Crippen molar-refractivity contribution in [2.75, 3.05) is 5.32 Å². The molecule has 2 aromatic heterocycles. The van der Waals surface area contributed by atoms with Crippen LogP contribution < -0.4 is 5.32 Å². The summed E-state index contributed by atoms with van der Waals surface area (Å²) in [5.41, 5.74) is 3.19. The maximum absolute atomic E-state index is 4.32. The normalized spacial score (nSPS) is 10.1. The van der Waals surface area contributed by atoms with Crippen molar-refractivity contribution in [1.82, 2.24) is 9.97 Å². The highest BCUT2D eigenvalue weighted by molar-refractivity contribution is 9.10. The second kappa shape index (κ2) is 5.07. The minimum atomic E-state index is 0.712. The van der Waals surface area contributed by atoms with Crippen molar-refractivity contribution in [2.24, 2.45) is 0 Å². The van der Waals surface area contributed by atoms with Gasteiger partial charge < -0.3 is 5.32 Å². The molecule has 0 aliphatic rings. The predicted octanol–water partition coefficient (Wildman–Crippen LogP) is 3.16. The zero-order chi connectivity index (χ0) is 11.4. The first-order valence-electron chi connectivity index (χ1n) is 5.01. The number of nitrogens with zero attached hydrogens (tertiary/aromatic N) is 2. The van der Waals surface area contributed by atoms with Crippen LogP contribution >= 0.6 is 15.9 Å². The number of nitrogens with one attached hydrogen (secondary N) is 1. The highest BCUT2D eigenvalue weighted by Crippen LogP contribution is 2.11. The molecule has 82 valence electrons. The van der Waals surface area contributed by atoms with Gasteiger partial charge in [0.25, 0.3) is 0 Å². The number of hydrogen-bond acceptors (Lipinski definition) is 3. The van der Waals surface area contributed by atoms with E-state index in [-0.39, 0.29) is 0 Å². The van der Waals surface area contributed by atoms with Gasteiger partial charge in [-0.1, -0.05) is 6.07 Å². The minimum Gasteiger partial charge on any atom is -0.378 e. The van der Waals surface area contributed by atoms with Crippen molar-refractivity contribution in [1.29, 1.82) is 0 Å². The third kappa shape index (κ3) is 3.03. The van der Waals surface area contributed by atoms with Crippen molar-refractivity contribution in [3.63, 3.8) is 0 Å².